The molecule has 4 aromatic rings. The molecule has 0 bridgehead atoms. The molecule has 0 aliphatic heterocycles. The first-order valence-electron chi connectivity index (χ1n) is 8.17. The van der Waals surface area contributed by atoms with Gasteiger partial charge in [-0.15, -0.1) is 0 Å². The van der Waals surface area contributed by atoms with Crippen molar-refractivity contribution in [1.82, 2.24) is 9.97 Å². The molecule has 2 aromatic heterocycles. The lowest BCUT2D eigenvalue weighted by Crippen LogP contribution is -2.10. The standard InChI is InChI=1S/C21H17N3O2.3H2/c1-26-17-4-2-3-15(9-17)16-10-18-19(12-24-21(18)23-11-16)13-5-7-14(8-6-13)20(22)25;;;/h2-12H,1H3,(H2,22,25)(H,23,24);3*1H. The second kappa shape index (κ2) is 6.37. The van der Waals surface area contributed by atoms with Crippen LogP contribution in [0.15, 0.2) is 67.0 Å². The number of ether oxygens (including phenoxy) is 1. The molecule has 3 N–H and O–H groups in total. The van der Waals surface area contributed by atoms with Crippen LogP contribution in [-0.4, -0.2) is 23.0 Å². The van der Waals surface area contributed by atoms with Gasteiger partial charge in [0.2, 0.25) is 5.91 Å². The van der Waals surface area contributed by atoms with Gasteiger partial charge in [-0.3, -0.25) is 4.79 Å². The molecule has 0 aliphatic carbocycles. The molecule has 2 aromatic carbocycles. The summed E-state index contributed by atoms with van der Waals surface area (Å²) in [4.78, 5) is 19.0. The predicted octanol–water partition coefficient (Wildman–Crippen LogP) is 4.74. The Hall–Kier alpha value is -3.60. The number of rotatable bonds is 4. The number of amides is 1. The maximum atomic E-state index is 11.3. The van der Waals surface area contributed by atoms with E-state index in [-0.39, 0.29) is 4.28 Å². The Labute approximate surface area is 154 Å². The fourth-order valence-corrected chi connectivity index (χ4v) is 3.02. The molecule has 0 spiro atoms. The summed E-state index contributed by atoms with van der Waals surface area (Å²) in [5.41, 5.74) is 10.7. The normalized spacial score (nSPS) is 10.8. The van der Waals surface area contributed by atoms with Gasteiger partial charge >= 0.3 is 0 Å². The van der Waals surface area contributed by atoms with Crippen molar-refractivity contribution >= 4 is 16.9 Å². The van der Waals surface area contributed by atoms with Crippen molar-refractivity contribution in [2.45, 2.75) is 0 Å². The molecule has 0 radical (unpaired) electrons. The third-order valence-electron chi connectivity index (χ3n) is 4.41. The van der Waals surface area contributed by atoms with Gasteiger partial charge in [0, 0.05) is 38.8 Å². The summed E-state index contributed by atoms with van der Waals surface area (Å²) >= 11 is 0. The number of nitrogens with zero attached hydrogens (tertiary/aromatic N) is 1. The highest BCUT2D eigenvalue weighted by Gasteiger charge is 2.10. The first-order valence-corrected chi connectivity index (χ1v) is 8.17. The lowest BCUT2D eigenvalue weighted by molar-refractivity contribution is 0.100. The molecule has 4 rings (SSSR count). The Kier molecular flexibility index (Phi) is 3.89. The molecule has 26 heavy (non-hydrogen) atoms. The van der Waals surface area contributed by atoms with E-state index in [1.807, 2.05) is 48.8 Å². The first-order chi connectivity index (χ1) is 12.7. The number of primary amides is 1. The third kappa shape index (κ3) is 2.80. The Morgan fingerprint density at radius 1 is 1.08 bits per heavy atom. The molecule has 1 amide bonds. The minimum absolute atomic E-state index is 0. The molecule has 5 nitrogen and oxygen atoms in total. The van der Waals surface area contributed by atoms with Gasteiger partial charge in [-0.2, -0.15) is 0 Å². The van der Waals surface area contributed by atoms with Gasteiger partial charge in [0.25, 0.3) is 0 Å². The van der Waals surface area contributed by atoms with E-state index in [1.165, 1.54) is 0 Å². The number of hydrogen-bond donors (Lipinski definition) is 2. The van der Waals surface area contributed by atoms with Crippen LogP contribution in [0, 0.1) is 0 Å². The lowest BCUT2D eigenvalue weighted by atomic mass is 10.0. The molecule has 0 unspecified atom stereocenters. The third-order valence-corrected chi connectivity index (χ3v) is 4.41. The summed E-state index contributed by atoms with van der Waals surface area (Å²) in [6, 6.07) is 17.2. The highest BCUT2D eigenvalue weighted by Crippen LogP contribution is 2.32. The molecular weight excluding hydrogens is 326 g/mol. The van der Waals surface area contributed by atoms with Crippen molar-refractivity contribution in [3.8, 4) is 28.0 Å². The van der Waals surface area contributed by atoms with Crippen LogP contribution >= 0.6 is 0 Å². The summed E-state index contributed by atoms with van der Waals surface area (Å²) in [6.07, 6.45) is 3.76. The van der Waals surface area contributed by atoms with Gasteiger partial charge in [-0.05, 0) is 41.5 Å². The maximum absolute atomic E-state index is 11.3. The summed E-state index contributed by atoms with van der Waals surface area (Å²) in [5, 5.41) is 1.01. The van der Waals surface area contributed by atoms with Crippen molar-refractivity contribution in [2.75, 3.05) is 7.11 Å². The highest BCUT2D eigenvalue weighted by molar-refractivity contribution is 5.97. The molecule has 134 valence electrons. The number of nitrogens with two attached hydrogens (primary N) is 1. The summed E-state index contributed by atoms with van der Waals surface area (Å²) in [7, 11) is 1.65. The van der Waals surface area contributed by atoms with Crippen molar-refractivity contribution in [3.63, 3.8) is 0 Å². The lowest BCUT2D eigenvalue weighted by Gasteiger charge is -2.06. The number of H-pyrrole nitrogens is 1. The van der Waals surface area contributed by atoms with Crippen molar-refractivity contribution in [2.24, 2.45) is 5.73 Å². The Bertz CT molecular complexity index is 1110. The molecule has 0 atom stereocenters. The molecule has 0 fully saturated rings. The Morgan fingerprint density at radius 2 is 1.88 bits per heavy atom. The maximum Gasteiger partial charge on any atom is 0.248 e. The van der Waals surface area contributed by atoms with Crippen LogP contribution in [0.25, 0.3) is 33.3 Å². The van der Waals surface area contributed by atoms with E-state index >= 15 is 0 Å². The van der Waals surface area contributed by atoms with Gasteiger partial charge in [-0.25, -0.2) is 4.98 Å². The van der Waals surface area contributed by atoms with Crippen LogP contribution in [0.2, 0.25) is 0 Å². The van der Waals surface area contributed by atoms with E-state index < -0.39 is 5.91 Å². The van der Waals surface area contributed by atoms with E-state index in [1.54, 1.807) is 19.2 Å². The van der Waals surface area contributed by atoms with E-state index in [0.29, 0.717) is 5.56 Å². The Balaban J connectivity index is 0.00000140. The van der Waals surface area contributed by atoms with Gasteiger partial charge in [0.05, 0.1) is 7.11 Å². The van der Waals surface area contributed by atoms with Gasteiger partial charge in [0.1, 0.15) is 11.4 Å². The van der Waals surface area contributed by atoms with Crippen LogP contribution in [0.3, 0.4) is 0 Å². The fourth-order valence-electron chi connectivity index (χ4n) is 3.02. The van der Waals surface area contributed by atoms with Crippen LogP contribution in [0.4, 0.5) is 0 Å². The fraction of sp³-hybridized carbons (Fsp3) is 0.0476. The van der Waals surface area contributed by atoms with E-state index in [9.17, 15) is 4.79 Å². The summed E-state index contributed by atoms with van der Waals surface area (Å²) in [5.74, 6) is 0.372. The molecule has 0 saturated heterocycles. The number of hydrogen-bond acceptors (Lipinski definition) is 3. The highest BCUT2D eigenvalue weighted by atomic mass is 16.5. The zero-order valence-electron chi connectivity index (χ0n) is 14.2. The predicted molar refractivity (Wildman–Crippen MR) is 108 cm³/mol. The van der Waals surface area contributed by atoms with Crippen molar-refractivity contribution in [1.29, 1.82) is 0 Å². The van der Waals surface area contributed by atoms with Crippen molar-refractivity contribution < 1.29 is 13.8 Å². The SMILES string of the molecule is COc1cccc(-c2cnc3[nH]cc(-c4ccc(C(N)=O)cc4)c3c2)c1.[HH].[HH].[HH]. The van der Waals surface area contributed by atoms with Crippen LogP contribution in [0.1, 0.15) is 14.6 Å². The Morgan fingerprint density at radius 3 is 2.62 bits per heavy atom. The van der Waals surface area contributed by atoms with E-state index in [0.717, 1.165) is 39.0 Å². The minimum Gasteiger partial charge on any atom is -0.497 e. The number of pyridine rings is 1. The molecule has 5 heteroatoms. The average Bonchev–Trinajstić information content (AvgIpc) is 3.11. The van der Waals surface area contributed by atoms with E-state index in [2.05, 4.69) is 16.0 Å². The van der Waals surface area contributed by atoms with Gasteiger partial charge < -0.3 is 15.5 Å². The molecule has 0 aliphatic rings. The number of nitrogens with one attached hydrogen (secondary N) is 1. The first kappa shape index (κ1) is 15.9. The smallest absolute Gasteiger partial charge is 0.248 e. The summed E-state index contributed by atoms with van der Waals surface area (Å²) in [6.45, 7) is 0. The number of carbonyl (C=O) groups is 1. The quantitative estimate of drug-likeness (QED) is 0.558. The largest absolute Gasteiger partial charge is 0.497 e. The average molecular weight is 349 g/mol. The zero-order valence-corrected chi connectivity index (χ0v) is 14.2. The van der Waals surface area contributed by atoms with Gasteiger partial charge in [-0.1, -0.05) is 24.3 Å². The van der Waals surface area contributed by atoms with Crippen LogP contribution in [0.5, 0.6) is 5.75 Å². The number of methoxy groups -OCH3 is 1. The topological polar surface area (TPSA) is 81.0 Å². The van der Waals surface area contributed by atoms with Gasteiger partial charge in [0.15, 0.2) is 0 Å². The second-order valence-electron chi connectivity index (χ2n) is 6.00. The zero-order chi connectivity index (χ0) is 18.1. The number of aromatic amines is 1. The summed E-state index contributed by atoms with van der Waals surface area (Å²) < 4.78 is 5.31. The number of aromatic nitrogens is 2. The molecular formula is C21H23N3O2. The molecule has 2 heterocycles. The van der Waals surface area contributed by atoms with Crippen molar-refractivity contribution in [3.05, 3.63) is 72.6 Å². The van der Waals surface area contributed by atoms with Crippen LogP contribution < -0.4 is 10.5 Å². The number of fused-ring (bicyclic) bond motifs is 1. The second-order valence-corrected chi connectivity index (χ2v) is 6.00. The number of carbonyl (C=O) groups excluding carboxylic acids is 1. The molecule has 0 saturated carbocycles. The number of benzene rings is 2. The van der Waals surface area contributed by atoms with Crippen LogP contribution in [-0.2, 0) is 0 Å². The van der Waals surface area contributed by atoms with E-state index in [4.69, 9.17) is 10.5 Å². The minimum atomic E-state index is -0.433. The monoisotopic (exact) mass is 349 g/mol.